The van der Waals surface area contributed by atoms with Crippen LogP contribution in [0.15, 0.2) is 29.6 Å². The first-order valence-corrected chi connectivity index (χ1v) is 8.52. The molecule has 1 aromatic carbocycles. The molecule has 1 fully saturated rings. The van der Waals surface area contributed by atoms with Gasteiger partial charge in [-0.2, -0.15) is 0 Å². The minimum atomic E-state index is -0.610. The highest BCUT2D eigenvalue weighted by atomic mass is 35.5. The summed E-state index contributed by atoms with van der Waals surface area (Å²) < 4.78 is 5.59. The van der Waals surface area contributed by atoms with Gasteiger partial charge in [-0.3, -0.25) is 4.79 Å². The molecule has 0 saturated heterocycles. The highest BCUT2D eigenvalue weighted by molar-refractivity contribution is 7.09. The molecule has 1 unspecified atom stereocenters. The maximum absolute atomic E-state index is 12.1. The number of nitrogens with zero attached hydrogens (tertiary/aromatic N) is 1. The van der Waals surface area contributed by atoms with Gasteiger partial charge in [0.25, 0.3) is 5.91 Å². The van der Waals surface area contributed by atoms with Crippen molar-refractivity contribution >= 4 is 28.8 Å². The number of aromatic nitrogens is 1. The summed E-state index contributed by atoms with van der Waals surface area (Å²) in [6, 6.07) is 7.12. The van der Waals surface area contributed by atoms with E-state index in [0.717, 1.165) is 5.69 Å². The van der Waals surface area contributed by atoms with Gasteiger partial charge >= 0.3 is 0 Å². The Morgan fingerprint density at radius 2 is 2.27 bits per heavy atom. The van der Waals surface area contributed by atoms with Crippen molar-refractivity contribution < 1.29 is 9.53 Å². The monoisotopic (exact) mass is 336 g/mol. The maximum Gasteiger partial charge on any atom is 0.261 e. The fourth-order valence-electron chi connectivity index (χ4n) is 2.03. The molecule has 1 aliphatic rings. The Morgan fingerprint density at radius 3 is 3.00 bits per heavy atom. The summed E-state index contributed by atoms with van der Waals surface area (Å²) in [6.45, 7) is 2.13. The van der Waals surface area contributed by atoms with Gasteiger partial charge in [-0.15, -0.1) is 11.3 Å². The molecule has 2 aromatic rings. The van der Waals surface area contributed by atoms with Gasteiger partial charge in [-0.1, -0.05) is 23.7 Å². The van der Waals surface area contributed by atoms with E-state index in [-0.39, 0.29) is 5.91 Å². The quantitative estimate of drug-likeness (QED) is 0.873. The number of hydrogen-bond donors (Lipinski definition) is 1. The van der Waals surface area contributed by atoms with Crippen molar-refractivity contribution in [3.63, 3.8) is 0 Å². The summed E-state index contributed by atoms with van der Waals surface area (Å²) >= 11 is 7.69. The fraction of sp³-hybridized carbons (Fsp3) is 0.375. The molecule has 3 rings (SSSR count). The molecule has 1 heterocycles. The molecule has 22 heavy (non-hydrogen) atoms. The molecule has 1 N–H and O–H groups in total. The second kappa shape index (κ2) is 6.67. The van der Waals surface area contributed by atoms with E-state index in [1.807, 2.05) is 17.5 Å². The Morgan fingerprint density at radius 1 is 1.50 bits per heavy atom. The molecule has 6 heteroatoms. The number of rotatable bonds is 6. The van der Waals surface area contributed by atoms with Crippen LogP contribution in [0.1, 0.15) is 36.4 Å². The number of benzene rings is 1. The molecule has 0 aliphatic heterocycles. The van der Waals surface area contributed by atoms with Crippen LogP contribution in [0.4, 0.5) is 0 Å². The van der Waals surface area contributed by atoms with E-state index >= 15 is 0 Å². The largest absolute Gasteiger partial charge is 0.479 e. The van der Waals surface area contributed by atoms with Crippen molar-refractivity contribution in [1.29, 1.82) is 0 Å². The van der Waals surface area contributed by atoms with Gasteiger partial charge in [0.05, 0.1) is 22.3 Å². The van der Waals surface area contributed by atoms with Crippen LogP contribution in [0, 0.1) is 0 Å². The molecule has 4 nitrogen and oxygen atoms in total. The van der Waals surface area contributed by atoms with Gasteiger partial charge in [0.1, 0.15) is 5.75 Å². The van der Waals surface area contributed by atoms with Crippen LogP contribution >= 0.6 is 22.9 Å². The molecule has 1 atom stereocenters. The van der Waals surface area contributed by atoms with Crippen molar-refractivity contribution in [3.8, 4) is 5.75 Å². The van der Waals surface area contributed by atoms with Gasteiger partial charge in [0.2, 0.25) is 0 Å². The zero-order valence-electron chi connectivity index (χ0n) is 12.2. The average Bonchev–Trinajstić information content (AvgIpc) is 3.26. The first-order valence-electron chi connectivity index (χ1n) is 7.26. The van der Waals surface area contributed by atoms with Crippen molar-refractivity contribution in [1.82, 2.24) is 10.3 Å². The summed E-state index contributed by atoms with van der Waals surface area (Å²) in [5.41, 5.74) is 0.908. The molecule has 1 saturated carbocycles. The van der Waals surface area contributed by atoms with Crippen LogP contribution in [0.2, 0.25) is 5.02 Å². The van der Waals surface area contributed by atoms with E-state index in [1.54, 1.807) is 30.4 Å². The average molecular weight is 337 g/mol. The zero-order valence-corrected chi connectivity index (χ0v) is 13.8. The van der Waals surface area contributed by atoms with Crippen molar-refractivity contribution in [2.45, 2.75) is 38.3 Å². The van der Waals surface area contributed by atoms with E-state index in [2.05, 4.69) is 10.3 Å². The van der Waals surface area contributed by atoms with Crippen molar-refractivity contribution in [2.75, 3.05) is 0 Å². The Bertz CT molecular complexity index is 670. The highest BCUT2D eigenvalue weighted by Gasteiger charge is 2.26. The molecular formula is C16H17ClN2O2S. The van der Waals surface area contributed by atoms with Crippen LogP contribution in [0.25, 0.3) is 0 Å². The lowest BCUT2D eigenvalue weighted by Crippen LogP contribution is -2.36. The SMILES string of the molecule is CC(Oc1ccccc1Cl)C(=O)NCc1csc(C2CC2)n1. The number of para-hydroxylation sites is 1. The Balaban J connectivity index is 1.51. The standard InChI is InChI=1S/C16H17ClN2O2S/c1-10(21-14-5-3-2-4-13(14)17)15(20)18-8-12-9-22-16(19-12)11-6-7-11/h2-5,9-11H,6-8H2,1H3,(H,18,20). The number of nitrogens with one attached hydrogen (secondary N) is 1. The van der Waals surface area contributed by atoms with E-state index in [9.17, 15) is 4.79 Å². The summed E-state index contributed by atoms with van der Waals surface area (Å²) in [7, 11) is 0. The van der Waals surface area contributed by atoms with E-state index < -0.39 is 6.10 Å². The van der Waals surface area contributed by atoms with Crippen molar-refractivity contribution in [2.24, 2.45) is 0 Å². The lowest BCUT2D eigenvalue weighted by Gasteiger charge is -2.15. The van der Waals surface area contributed by atoms with Crippen LogP contribution in [-0.2, 0) is 11.3 Å². The van der Waals surface area contributed by atoms with Gasteiger partial charge in [-0.25, -0.2) is 4.98 Å². The number of carbonyl (C=O) groups excluding carboxylic acids is 1. The summed E-state index contributed by atoms with van der Waals surface area (Å²) in [5, 5.41) is 6.54. The Kier molecular flexibility index (Phi) is 4.64. The lowest BCUT2D eigenvalue weighted by atomic mass is 10.3. The number of carbonyl (C=O) groups is 1. The number of hydrogen-bond acceptors (Lipinski definition) is 4. The van der Waals surface area contributed by atoms with E-state index in [4.69, 9.17) is 16.3 Å². The Labute approximate surface area is 138 Å². The normalized spacial score (nSPS) is 15.4. The van der Waals surface area contributed by atoms with Gasteiger partial charge in [0, 0.05) is 11.3 Å². The second-order valence-corrected chi connectivity index (χ2v) is 6.66. The predicted octanol–water partition coefficient (Wildman–Crippen LogP) is 3.76. The van der Waals surface area contributed by atoms with Crippen LogP contribution in [-0.4, -0.2) is 17.0 Å². The summed E-state index contributed by atoms with van der Waals surface area (Å²) in [5.74, 6) is 0.981. The minimum absolute atomic E-state index is 0.180. The summed E-state index contributed by atoms with van der Waals surface area (Å²) in [4.78, 5) is 16.6. The molecule has 116 valence electrons. The number of ether oxygens (including phenoxy) is 1. The third-order valence-electron chi connectivity index (χ3n) is 3.45. The van der Waals surface area contributed by atoms with Crippen molar-refractivity contribution in [3.05, 3.63) is 45.4 Å². The van der Waals surface area contributed by atoms with Crippen LogP contribution in [0.5, 0.6) is 5.75 Å². The first kappa shape index (κ1) is 15.3. The zero-order chi connectivity index (χ0) is 15.5. The van der Waals surface area contributed by atoms with Gasteiger partial charge in [-0.05, 0) is 31.9 Å². The molecule has 0 bridgehead atoms. The second-order valence-electron chi connectivity index (χ2n) is 5.36. The fourth-order valence-corrected chi connectivity index (χ4v) is 3.20. The maximum atomic E-state index is 12.1. The molecule has 1 aromatic heterocycles. The minimum Gasteiger partial charge on any atom is -0.479 e. The number of thiazole rings is 1. The van der Waals surface area contributed by atoms with E-state index in [1.165, 1.54) is 17.8 Å². The smallest absolute Gasteiger partial charge is 0.261 e. The number of halogens is 1. The molecule has 0 radical (unpaired) electrons. The third-order valence-corrected chi connectivity index (χ3v) is 4.82. The molecule has 1 aliphatic carbocycles. The lowest BCUT2D eigenvalue weighted by molar-refractivity contribution is -0.127. The first-order chi connectivity index (χ1) is 10.6. The summed E-state index contributed by atoms with van der Waals surface area (Å²) in [6.07, 6.45) is 1.87. The third kappa shape index (κ3) is 3.78. The molecule has 1 amide bonds. The van der Waals surface area contributed by atoms with Crippen LogP contribution in [0.3, 0.4) is 0 Å². The van der Waals surface area contributed by atoms with Gasteiger partial charge in [0.15, 0.2) is 6.10 Å². The molecular weight excluding hydrogens is 320 g/mol. The topological polar surface area (TPSA) is 51.2 Å². The Hall–Kier alpha value is -1.59. The predicted molar refractivity (Wildman–Crippen MR) is 87.5 cm³/mol. The van der Waals surface area contributed by atoms with E-state index in [0.29, 0.717) is 23.2 Å². The highest BCUT2D eigenvalue weighted by Crippen LogP contribution is 2.41. The van der Waals surface area contributed by atoms with Gasteiger partial charge < -0.3 is 10.1 Å². The number of amides is 1. The molecule has 0 spiro atoms. The van der Waals surface area contributed by atoms with Crippen LogP contribution < -0.4 is 10.1 Å².